The number of carbonyl (C=O) groups is 2. The van der Waals surface area contributed by atoms with Crippen LogP contribution in [0.2, 0.25) is 0 Å². The fourth-order valence-electron chi connectivity index (χ4n) is 2.89. The van der Waals surface area contributed by atoms with Crippen molar-refractivity contribution in [1.82, 2.24) is 9.80 Å². The van der Waals surface area contributed by atoms with E-state index in [1.54, 1.807) is 22.7 Å². The standard InChI is InChI=1S/C17H20N2O2S2/c1-13-12-18(16(20)10-14-4-2-8-22-14)6-7-19(13)17(21)11-15-5-3-9-23-15/h2-5,8-9,13H,6-7,10-12H2,1H3/t13-/m0/s1. The van der Waals surface area contributed by atoms with Crippen LogP contribution in [-0.4, -0.2) is 47.3 Å². The fourth-order valence-corrected chi connectivity index (χ4v) is 4.28. The van der Waals surface area contributed by atoms with E-state index in [1.165, 1.54) is 0 Å². The smallest absolute Gasteiger partial charge is 0.228 e. The maximum Gasteiger partial charge on any atom is 0.228 e. The summed E-state index contributed by atoms with van der Waals surface area (Å²) >= 11 is 3.23. The van der Waals surface area contributed by atoms with Crippen molar-refractivity contribution in [3.8, 4) is 0 Å². The summed E-state index contributed by atoms with van der Waals surface area (Å²) in [5.41, 5.74) is 0. The number of amides is 2. The Bertz CT molecular complexity index is 652. The normalized spacial score (nSPS) is 18.2. The number of piperazine rings is 1. The molecule has 2 aromatic heterocycles. The van der Waals surface area contributed by atoms with Crippen molar-refractivity contribution in [2.75, 3.05) is 19.6 Å². The summed E-state index contributed by atoms with van der Waals surface area (Å²) < 4.78 is 0. The average molecular weight is 348 g/mol. The third-order valence-corrected chi connectivity index (χ3v) is 5.86. The van der Waals surface area contributed by atoms with Crippen molar-refractivity contribution in [3.63, 3.8) is 0 Å². The highest BCUT2D eigenvalue weighted by molar-refractivity contribution is 7.10. The molecule has 1 saturated heterocycles. The largest absolute Gasteiger partial charge is 0.339 e. The van der Waals surface area contributed by atoms with Crippen molar-refractivity contribution in [2.45, 2.75) is 25.8 Å². The lowest BCUT2D eigenvalue weighted by Gasteiger charge is -2.40. The van der Waals surface area contributed by atoms with Crippen LogP contribution < -0.4 is 0 Å². The van der Waals surface area contributed by atoms with Gasteiger partial charge in [0.15, 0.2) is 0 Å². The molecule has 3 rings (SSSR count). The summed E-state index contributed by atoms with van der Waals surface area (Å²) in [6.45, 7) is 3.91. The Morgan fingerprint density at radius 2 is 1.65 bits per heavy atom. The van der Waals surface area contributed by atoms with Crippen LogP contribution in [0.3, 0.4) is 0 Å². The molecule has 6 heteroatoms. The van der Waals surface area contributed by atoms with Gasteiger partial charge in [-0.15, -0.1) is 22.7 Å². The van der Waals surface area contributed by atoms with Crippen LogP contribution in [-0.2, 0) is 22.4 Å². The quantitative estimate of drug-likeness (QED) is 0.852. The molecule has 0 spiro atoms. The predicted octanol–water partition coefficient (Wildman–Crippen LogP) is 2.65. The molecule has 23 heavy (non-hydrogen) atoms. The lowest BCUT2D eigenvalue weighted by Crippen LogP contribution is -2.56. The molecule has 1 atom stereocenters. The number of hydrogen-bond donors (Lipinski definition) is 0. The molecule has 0 aliphatic carbocycles. The molecule has 122 valence electrons. The van der Waals surface area contributed by atoms with E-state index in [0.29, 0.717) is 32.5 Å². The van der Waals surface area contributed by atoms with E-state index >= 15 is 0 Å². The van der Waals surface area contributed by atoms with E-state index in [-0.39, 0.29) is 17.9 Å². The fraction of sp³-hybridized carbons (Fsp3) is 0.412. The minimum Gasteiger partial charge on any atom is -0.339 e. The molecule has 0 unspecified atom stereocenters. The van der Waals surface area contributed by atoms with Gasteiger partial charge in [0.1, 0.15) is 0 Å². The molecule has 2 amide bonds. The van der Waals surface area contributed by atoms with Crippen LogP contribution in [0.4, 0.5) is 0 Å². The first-order chi connectivity index (χ1) is 11.1. The molecule has 0 saturated carbocycles. The van der Waals surface area contributed by atoms with Crippen LogP contribution in [0.1, 0.15) is 16.7 Å². The lowest BCUT2D eigenvalue weighted by molar-refractivity contribution is -0.141. The molecule has 0 bridgehead atoms. The van der Waals surface area contributed by atoms with Gasteiger partial charge in [0.25, 0.3) is 0 Å². The monoisotopic (exact) mass is 348 g/mol. The Kier molecular flexibility index (Phi) is 5.13. The van der Waals surface area contributed by atoms with Crippen molar-refractivity contribution in [2.24, 2.45) is 0 Å². The van der Waals surface area contributed by atoms with Crippen LogP contribution in [0.15, 0.2) is 35.0 Å². The van der Waals surface area contributed by atoms with Gasteiger partial charge >= 0.3 is 0 Å². The van der Waals surface area contributed by atoms with Gasteiger partial charge in [-0.05, 0) is 29.8 Å². The van der Waals surface area contributed by atoms with Crippen molar-refractivity contribution in [1.29, 1.82) is 0 Å². The number of thiophene rings is 2. The minimum absolute atomic E-state index is 0.0727. The zero-order chi connectivity index (χ0) is 16.2. The predicted molar refractivity (Wildman–Crippen MR) is 93.8 cm³/mol. The van der Waals surface area contributed by atoms with E-state index in [1.807, 2.05) is 51.7 Å². The van der Waals surface area contributed by atoms with Gasteiger partial charge in [0, 0.05) is 35.4 Å². The Hall–Kier alpha value is -1.66. The van der Waals surface area contributed by atoms with Gasteiger partial charge in [-0.3, -0.25) is 9.59 Å². The Labute approximate surface area is 144 Å². The summed E-state index contributed by atoms with van der Waals surface area (Å²) in [7, 11) is 0. The van der Waals surface area contributed by atoms with E-state index in [4.69, 9.17) is 0 Å². The van der Waals surface area contributed by atoms with E-state index in [0.717, 1.165) is 9.75 Å². The average Bonchev–Trinajstić information content (AvgIpc) is 3.20. The molecular weight excluding hydrogens is 328 g/mol. The van der Waals surface area contributed by atoms with Crippen LogP contribution in [0, 0.1) is 0 Å². The topological polar surface area (TPSA) is 40.6 Å². The summed E-state index contributed by atoms with van der Waals surface area (Å²) in [4.78, 5) is 30.8. The molecule has 2 aromatic rings. The van der Waals surface area contributed by atoms with Gasteiger partial charge in [0.2, 0.25) is 11.8 Å². The molecule has 0 N–H and O–H groups in total. The zero-order valence-corrected chi connectivity index (χ0v) is 14.7. The molecular formula is C17H20N2O2S2. The van der Waals surface area contributed by atoms with Crippen LogP contribution >= 0.6 is 22.7 Å². The highest BCUT2D eigenvalue weighted by Gasteiger charge is 2.29. The summed E-state index contributed by atoms with van der Waals surface area (Å²) in [6, 6.07) is 8.00. The first-order valence-electron chi connectivity index (χ1n) is 7.75. The number of rotatable bonds is 4. The van der Waals surface area contributed by atoms with E-state index in [2.05, 4.69) is 0 Å². The lowest BCUT2D eigenvalue weighted by atomic mass is 10.1. The third kappa shape index (κ3) is 4.00. The molecule has 0 radical (unpaired) electrons. The second-order valence-corrected chi connectivity index (χ2v) is 7.85. The second-order valence-electron chi connectivity index (χ2n) is 5.79. The third-order valence-electron chi connectivity index (χ3n) is 4.11. The molecule has 3 heterocycles. The zero-order valence-electron chi connectivity index (χ0n) is 13.1. The van der Waals surface area contributed by atoms with Crippen molar-refractivity contribution >= 4 is 34.5 Å². The van der Waals surface area contributed by atoms with Gasteiger partial charge in [-0.1, -0.05) is 12.1 Å². The van der Waals surface area contributed by atoms with Crippen LogP contribution in [0.5, 0.6) is 0 Å². The number of carbonyl (C=O) groups excluding carboxylic acids is 2. The first kappa shape index (κ1) is 16.2. The SMILES string of the molecule is C[C@H]1CN(C(=O)Cc2cccs2)CCN1C(=O)Cc1cccs1. The minimum atomic E-state index is 0.0727. The van der Waals surface area contributed by atoms with Crippen molar-refractivity contribution < 1.29 is 9.59 Å². The highest BCUT2D eigenvalue weighted by atomic mass is 32.1. The molecule has 1 aliphatic rings. The summed E-state index contributed by atoms with van der Waals surface area (Å²) in [5, 5.41) is 3.99. The summed E-state index contributed by atoms with van der Waals surface area (Å²) in [5.74, 6) is 0.315. The Balaban J connectivity index is 1.54. The van der Waals surface area contributed by atoms with E-state index < -0.39 is 0 Å². The molecule has 4 nitrogen and oxygen atoms in total. The first-order valence-corrected chi connectivity index (χ1v) is 9.51. The highest BCUT2D eigenvalue weighted by Crippen LogP contribution is 2.17. The van der Waals surface area contributed by atoms with E-state index in [9.17, 15) is 9.59 Å². The maximum absolute atomic E-state index is 12.4. The number of nitrogens with zero attached hydrogens (tertiary/aromatic N) is 2. The van der Waals surface area contributed by atoms with Crippen LogP contribution in [0.25, 0.3) is 0 Å². The van der Waals surface area contributed by atoms with Gasteiger partial charge in [-0.2, -0.15) is 0 Å². The van der Waals surface area contributed by atoms with Gasteiger partial charge < -0.3 is 9.80 Å². The maximum atomic E-state index is 12.4. The number of hydrogen-bond acceptors (Lipinski definition) is 4. The van der Waals surface area contributed by atoms with Gasteiger partial charge in [-0.25, -0.2) is 0 Å². The second kappa shape index (κ2) is 7.27. The summed E-state index contributed by atoms with van der Waals surface area (Å²) in [6.07, 6.45) is 0.929. The Morgan fingerprint density at radius 3 is 2.17 bits per heavy atom. The van der Waals surface area contributed by atoms with Gasteiger partial charge in [0.05, 0.1) is 12.8 Å². The Morgan fingerprint density at radius 1 is 1.04 bits per heavy atom. The van der Waals surface area contributed by atoms with Crippen molar-refractivity contribution in [3.05, 3.63) is 44.8 Å². The molecule has 1 fully saturated rings. The molecule has 1 aliphatic heterocycles. The molecule has 0 aromatic carbocycles.